The van der Waals surface area contributed by atoms with Crippen molar-refractivity contribution in [3.63, 3.8) is 0 Å². The smallest absolute Gasteiger partial charge is 0.234 e. The third kappa shape index (κ3) is 4.66. The first-order valence-corrected chi connectivity index (χ1v) is 11.3. The van der Waals surface area contributed by atoms with Gasteiger partial charge in [0.25, 0.3) is 0 Å². The van der Waals surface area contributed by atoms with Crippen molar-refractivity contribution in [2.45, 2.75) is 45.1 Å². The van der Waals surface area contributed by atoms with Crippen molar-refractivity contribution in [3.8, 4) is 0 Å². The molecule has 0 aromatic heterocycles. The Bertz CT molecular complexity index is 1020. The predicted molar refractivity (Wildman–Crippen MR) is 130 cm³/mol. The average molecular weight is 413 g/mol. The molecule has 0 N–H and O–H groups in total. The fourth-order valence-electron chi connectivity index (χ4n) is 4.49. The van der Waals surface area contributed by atoms with E-state index in [1.54, 1.807) is 0 Å². The zero-order valence-electron chi connectivity index (χ0n) is 18.8. The Hall–Kier alpha value is -3.07. The van der Waals surface area contributed by atoms with E-state index in [2.05, 4.69) is 84.6 Å². The van der Waals surface area contributed by atoms with Crippen LogP contribution in [0.15, 0.2) is 72.8 Å². The maximum atomic E-state index is 13.9. The second-order valence-electron chi connectivity index (χ2n) is 8.65. The van der Waals surface area contributed by atoms with E-state index in [0.717, 1.165) is 42.6 Å². The van der Waals surface area contributed by atoms with Gasteiger partial charge in [0.15, 0.2) is 0 Å². The van der Waals surface area contributed by atoms with Crippen LogP contribution in [-0.2, 0) is 24.2 Å². The lowest BCUT2D eigenvalue weighted by molar-refractivity contribution is -0.120. The maximum absolute atomic E-state index is 13.9. The Morgan fingerprint density at radius 2 is 1.52 bits per heavy atom. The number of carbonyl (C=O) groups excluding carboxylic acids is 1. The normalized spacial score (nSPS) is 15.3. The van der Waals surface area contributed by atoms with Gasteiger partial charge in [-0.05, 0) is 72.2 Å². The zero-order chi connectivity index (χ0) is 21.8. The van der Waals surface area contributed by atoms with Gasteiger partial charge in [-0.2, -0.15) is 0 Å². The molecule has 1 amide bonds. The van der Waals surface area contributed by atoms with Gasteiger partial charge in [-0.3, -0.25) is 4.79 Å². The molecule has 3 aromatic carbocycles. The second kappa shape index (κ2) is 9.38. The highest BCUT2D eigenvalue weighted by Crippen LogP contribution is 2.35. The largest absolute Gasteiger partial charge is 0.378 e. The Morgan fingerprint density at radius 3 is 2.19 bits per heavy atom. The van der Waals surface area contributed by atoms with Crippen molar-refractivity contribution in [2.24, 2.45) is 0 Å². The number of hydrogen-bond donors (Lipinski definition) is 0. The first-order chi connectivity index (χ1) is 15.1. The number of anilines is 2. The Morgan fingerprint density at radius 1 is 0.871 bits per heavy atom. The van der Waals surface area contributed by atoms with E-state index in [9.17, 15) is 4.79 Å². The maximum Gasteiger partial charge on any atom is 0.234 e. The fraction of sp³-hybridized carbons (Fsp3) is 0.321. The van der Waals surface area contributed by atoms with E-state index in [4.69, 9.17) is 0 Å². The van der Waals surface area contributed by atoms with E-state index >= 15 is 0 Å². The second-order valence-corrected chi connectivity index (χ2v) is 8.65. The van der Waals surface area contributed by atoms with Gasteiger partial charge in [-0.25, -0.2) is 0 Å². The van der Waals surface area contributed by atoms with Crippen molar-refractivity contribution >= 4 is 17.3 Å². The first-order valence-electron chi connectivity index (χ1n) is 11.3. The molecule has 0 fully saturated rings. The zero-order valence-corrected chi connectivity index (χ0v) is 18.8. The predicted octanol–water partition coefficient (Wildman–Crippen LogP) is 5.97. The van der Waals surface area contributed by atoms with E-state index in [1.807, 2.05) is 19.0 Å². The fourth-order valence-corrected chi connectivity index (χ4v) is 4.49. The number of benzene rings is 3. The lowest BCUT2D eigenvalue weighted by Crippen LogP contribution is -2.36. The minimum absolute atomic E-state index is 0.0724. The molecular formula is C28H32N2O. The van der Waals surface area contributed by atoms with Crippen molar-refractivity contribution in [1.82, 2.24) is 0 Å². The summed E-state index contributed by atoms with van der Waals surface area (Å²) in [6, 6.07) is 25.4. The highest BCUT2D eigenvalue weighted by molar-refractivity contribution is 5.98. The molecule has 1 aliphatic carbocycles. The molecule has 0 heterocycles. The van der Waals surface area contributed by atoms with Gasteiger partial charge < -0.3 is 9.80 Å². The van der Waals surface area contributed by atoms with Crippen LogP contribution in [0.3, 0.4) is 0 Å². The summed E-state index contributed by atoms with van der Waals surface area (Å²) in [4.78, 5) is 18.0. The molecule has 1 unspecified atom stereocenters. The molecule has 0 radical (unpaired) electrons. The molecule has 160 valence electrons. The number of amides is 1. The molecule has 3 aromatic rings. The summed E-state index contributed by atoms with van der Waals surface area (Å²) in [6.07, 6.45) is 4.04. The highest BCUT2D eigenvalue weighted by Gasteiger charge is 2.30. The molecule has 0 spiro atoms. The van der Waals surface area contributed by atoms with Gasteiger partial charge in [0.1, 0.15) is 0 Å². The van der Waals surface area contributed by atoms with Gasteiger partial charge in [-0.15, -0.1) is 0 Å². The SMILES string of the molecule is CCc1ccc(N(Cc2ccc(N(C)C)cc2)C(=O)C2CCCc3ccccc32)cc1. The highest BCUT2D eigenvalue weighted by atomic mass is 16.2. The van der Waals surface area contributed by atoms with Crippen LogP contribution in [0.1, 0.15) is 47.9 Å². The number of rotatable bonds is 6. The number of carbonyl (C=O) groups is 1. The third-order valence-corrected chi connectivity index (χ3v) is 6.38. The van der Waals surface area contributed by atoms with Gasteiger partial charge in [0.2, 0.25) is 5.91 Å². The number of aryl methyl sites for hydroxylation is 2. The van der Waals surface area contributed by atoms with Crippen molar-refractivity contribution in [1.29, 1.82) is 0 Å². The number of nitrogens with zero attached hydrogens (tertiary/aromatic N) is 2. The van der Waals surface area contributed by atoms with Crippen LogP contribution in [0.25, 0.3) is 0 Å². The van der Waals surface area contributed by atoms with Gasteiger partial charge >= 0.3 is 0 Å². The third-order valence-electron chi connectivity index (χ3n) is 6.38. The number of hydrogen-bond acceptors (Lipinski definition) is 2. The average Bonchev–Trinajstić information content (AvgIpc) is 2.82. The molecule has 0 saturated heterocycles. The standard InChI is InChI=1S/C28H32N2O/c1-4-21-12-18-25(19-13-21)30(20-22-14-16-24(17-15-22)29(2)3)28(31)27-11-7-9-23-8-5-6-10-26(23)27/h5-6,8,10,12-19,27H,4,7,9,11,20H2,1-3H3. The Kier molecular flexibility index (Phi) is 6.41. The van der Waals surface area contributed by atoms with Crippen LogP contribution in [0.4, 0.5) is 11.4 Å². The Labute approximate surface area is 186 Å². The van der Waals surface area contributed by atoms with Crippen LogP contribution < -0.4 is 9.80 Å². The van der Waals surface area contributed by atoms with Crippen LogP contribution in [0.5, 0.6) is 0 Å². The molecule has 31 heavy (non-hydrogen) atoms. The minimum Gasteiger partial charge on any atom is -0.378 e. The number of fused-ring (bicyclic) bond motifs is 1. The topological polar surface area (TPSA) is 23.6 Å². The van der Waals surface area contributed by atoms with E-state index in [1.165, 1.54) is 16.7 Å². The first kappa shape index (κ1) is 21.2. The summed E-state index contributed by atoms with van der Waals surface area (Å²) in [5, 5.41) is 0. The van der Waals surface area contributed by atoms with Gasteiger partial charge in [-0.1, -0.05) is 55.5 Å². The van der Waals surface area contributed by atoms with Crippen molar-refractivity contribution in [2.75, 3.05) is 23.9 Å². The van der Waals surface area contributed by atoms with Crippen LogP contribution in [0.2, 0.25) is 0 Å². The monoisotopic (exact) mass is 412 g/mol. The van der Waals surface area contributed by atoms with E-state index in [0.29, 0.717) is 6.54 Å². The molecule has 4 rings (SSSR count). The molecule has 3 heteroatoms. The molecule has 1 atom stereocenters. The summed E-state index contributed by atoms with van der Waals surface area (Å²) in [5.74, 6) is 0.130. The lowest BCUT2D eigenvalue weighted by Gasteiger charge is -2.31. The molecule has 0 saturated carbocycles. The van der Waals surface area contributed by atoms with Crippen molar-refractivity contribution in [3.05, 3.63) is 95.1 Å². The van der Waals surface area contributed by atoms with E-state index < -0.39 is 0 Å². The van der Waals surface area contributed by atoms with Crippen LogP contribution >= 0.6 is 0 Å². The summed E-state index contributed by atoms with van der Waals surface area (Å²) in [6.45, 7) is 2.74. The summed E-state index contributed by atoms with van der Waals surface area (Å²) < 4.78 is 0. The quantitative estimate of drug-likeness (QED) is 0.498. The van der Waals surface area contributed by atoms with Crippen LogP contribution in [-0.4, -0.2) is 20.0 Å². The Balaban J connectivity index is 1.67. The lowest BCUT2D eigenvalue weighted by atomic mass is 9.82. The molecular weight excluding hydrogens is 380 g/mol. The van der Waals surface area contributed by atoms with Gasteiger partial charge in [0.05, 0.1) is 12.5 Å². The summed E-state index contributed by atoms with van der Waals surface area (Å²) >= 11 is 0. The molecule has 0 bridgehead atoms. The van der Waals surface area contributed by atoms with Crippen molar-refractivity contribution < 1.29 is 4.79 Å². The van der Waals surface area contributed by atoms with Gasteiger partial charge in [0, 0.05) is 25.5 Å². The molecule has 3 nitrogen and oxygen atoms in total. The summed E-state index contributed by atoms with van der Waals surface area (Å²) in [7, 11) is 4.08. The van der Waals surface area contributed by atoms with E-state index in [-0.39, 0.29) is 11.8 Å². The summed E-state index contributed by atoms with van der Waals surface area (Å²) in [5.41, 5.74) is 7.09. The molecule has 1 aliphatic rings. The molecule has 0 aliphatic heterocycles. The minimum atomic E-state index is -0.0724. The van der Waals surface area contributed by atoms with Crippen LogP contribution in [0, 0.1) is 0 Å².